The maximum atomic E-state index is 13.0. The smallest absolute Gasteiger partial charge is 0.257 e. The molecular formula is C23H24ClN3O3S. The third-order valence-electron chi connectivity index (χ3n) is 5.52. The van der Waals surface area contributed by atoms with Crippen LogP contribution >= 0.6 is 22.9 Å². The molecule has 6 nitrogen and oxygen atoms in total. The van der Waals surface area contributed by atoms with E-state index in [1.165, 1.54) is 5.56 Å². The first-order chi connectivity index (χ1) is 15.1. The number of likely N-dealkylation sites (tertiary alicyclic amines) is 1. The number of carbonyl (C=O) groups excluding carboxylic acids is 1. The van der Waals surface area contributed by atoms with Crippen LogP contribution in [0.5, 0.6) is 11.5 Å². The van der Waals surface area contributed by atoms with Gasteiger partial charge in [-0.05, 0) is 48.7 Å². The number of ether oxygens (including phenoxy) is 2. The number of amides is 1. The van der Waals surface area contributed by atoms with Gasteiger partial charge in [0.05, 0.1) is 19.8 Å². The third kappa shape index (κ3) is 4.99. The normalized spacial score (nSPS) is 14.5. The minimum atomic E-state index is -0.0461. The van der Waals surface area contributed by atoms with E-state index in [0.717, 1.165) is 35.0 Å². The van der Waals surface area contributed by atoms with Gasteiger partial charge in [-0.2, -0.15) is 0 Å². The summed E-state index contributed by atoms with van der Waals surface area (Å²) >= 11 is 7.75. The molecule has 2 aromatic carbocycles. The van der Waals surface area contributed by atoms with Gasteiger partial charge in [0.15, 0.2) is 0 Å². The molecule has 0 radical (unpaired) electrons. The van der Waals surface area contributed by atoms with Crippen molar-refractivity contribution in [1.82, 2.24) is 15.1 Å². The lowest BCUT2D eigenvalue weighted by molar-refractivity contribution is 0.0709. The summed E-state index contributed by atoms with van der Waals surface area (Å²) in [4.78, 5) is 14.8. The van der Waals surface area contributed by atoms with Gasteiger partial charge in [0.2, 0.25) is 0 Å². The molecule has 2 heterocycles. The number of methoxy groups -OCH3 is 2. The topological polar surface area (TPSA) is 64.6 Å². The van der Waals surface area contributed by atoms with Crippen LogP contribution in [0.2, 0.25) is 5.02 Å². The van der Waals surface area contributed by atoms with Gasteiger partial charge in [0, 0.05) is 30.5 Å². The van der Waals surface area contributed by atoms with Crippen LogP contribution in [0.1, 0.15) is 44.7 Å². The van der Waals surface area contributed by atoms with Crippen molar-refractivity contribution >= 4 is 28.8 Å². The average Bonchev–Trinajstić information content (AvgIpc) is 3.27. The molecule has 0 spiro atoms. The maximum absolute atomic E-state index is 13.0. The molecule has 1 fully saturated rings. The summed E-state index contributed by atoms with van der Waals surface area (Å²) in [5.41, 5.74) is 1.69. The first kappa shape index (κ1) is 21.6. The predicted octanol–water partition coefficient (Wildman–Crippen LogP) is 4.82. The molecule has 4 rings (SSSR count). The van der Waals surface area contributed by atoms with Gasteiger partial charge in [-0.1, -0.05) is 23.7 Å². The minimum Gasteiger partial charge on any atom is -0.497 e. The first-order valence-electron chi connectivity index (χ1n) is 10.2. The van der Waals surface area contributed by atoms with E-state index in [9.17, 15) is 4.79 Å². The quantitative estimate of drug-likeness (QED) is 0.531. The second kappa shape index (κ2) is 9.66. The van der Waals surface area contributed by atoms with E-state index in [0.29, 0.717) is 35.3 Å². The number of aromatic nitrogens is 2. The van der Waals surface area contributed by atoms with Crippen molar-refractivity contribution < 1.29 is 14.3 Å². The summed E-state index contributed by atoms with van der Waals surface area (Å²) in [7, 11) is 3.22. The number of nitrogens with zero attached hydrogens (tertiary/aromatic N) is 3. The predicted molar refractivity (Wildman–Crippen MR) is 122 cm³/mol. The number of hydrogen-bond donors (Lipinski definition) is 0. The highest BCUT2D eigenvalue weighted by Gasteiger charge is 2.28. The molecule has 0 unspecified atom stereocenters. The molecular weight excluding hydrogens is 434 g/mol. The van der Waals surface area contributed by atoms with Gasteiger partial charge in [-0.3, -0.25) is 4.79 Å². The first-order valence-corrected chi connectivity index (χ1v) is 11.3. The fourth-order valence-electron chi connectivity index (χ4n) is 3.77. The molecule has 0 saturated carbocycles. The number of hydrogen-bond acceptors (Lipinski definition) is 6. The number of halogens is 1. The van der Waals surface area contributed by atoms with Crippen molar-refractivity contribution in [1.29, 1.82) is 0 Å². The molecule has 1 amide bonds. The van der Waals surface area contributed by atoms with E-state index in [1.807, 2.05) is 29.2 Å². The minimum absolute atomic E-state index is 0.0461. The van der Waals surface area contributed by atoms with Crippen molar-refractivity contribution in [2.75, 3.05) is 27.3 Å². The fraction of sp³-hybridized carbons (Fsp3) is 0.348. The van der Waals surface area contributed by atoms with Gasteiger partial charge in [-0.25, -0.2) is 0 Å². The zero-order valence-electron chi connectivity index (χ0n) is 17.5. The van der Waals surface area contributed by atoms with Crippen LogP contribution in [0.4, 0.5) is 0 Å². The Labute approximate surface area is 190 Å². The Morgan fingerprint density at radius 3 is 2.52 bits per heavy atom. The van der Waals surface area contributed by atoms with Crippen molar-refractivity contribution in [3.8, 4) is 11.5 Å². The van der Waals surface area contributed by atoms with Crippen LogP contribution in [0.25, 0.3) is 0 Å². The number of rotatable bonds is 6. The Hall–Kier alpha value is -2.64. The van der Waals surface area contributed by atoms with E-state index >= 15 is 0 Å². The molecule has 1 saturated heterocycles. The standard InChI is InChI=1S/C23H24ClN3O3S/c1-29-18-6-3-15(4-7-18)13-21-25-26-22(31-21)16-9-11-27(12-10-16)23(28)19-14-17(24)5-8-20(19)30-2/h3-8,14,16H,9-13H2,1-2H3. The molecule has 3 aromatic rings. The van der Waals surface area contributed by atoms with Crippen LogP contribution in [-0.2, 0) is 6.42 Å². The van der Waals surface area contributed by atoms with Gasteiger partial charge in [0.1, 0.15) is 21.5 Å². The van der Waals surface area contributed by atoms with Gasteiger partial charge in [0.25, 0.3) is 5.91 Å². The number of piperidine rings is 1. The third-order valence-corrected chi connectivity index (χ3v) is 6.84. The largest absolute Gasteiger partial charge is 0.497 e. The molecule has 1 aromatic heterocycles. The molecule has 0 atom stereocenters. The van der Waals surface area contributed by atoms with Crippen molar-refractivity contribution in [2.24, 2.45) is 0 Å². The summed E-state index contributed by atoms with van der Waals surface area (Å²) in [6.45, 7) is 1.35. The highest BCUT2D eigenvalue weighted by Crippen LogP contribution is 2.32. The lowest BCUT2D eigenvalue weighted by Gasteiger charge is -2.31. The zero-order valence-corrected chi connectivity index (χ0v) is 19.1. The second-order valence-electron chi connectivity index (χ2n) is 7.47. The molecule has 31 heavy (non-hydrogen) atoms. The summed E-state index contributed by atoms with van der Waals surface area (Å²) in [5.74, 6) is 1.67. The van der Waals surface area contributed by atoms with Gasteiger partial charge in [-0.15, -0.1) is 21.5 Å². The average molecular weight is 458 g/mol. The van der Waals surface area contributed by atoms with Gasteiger partial charge < -0.3 is 14.4 Å². The van der Waals surface area contributed by atoms with Crippen molar-refractivity contribution in [3.05, 3.63) is 68.6 Å². The van der Waals surface area contributed by atoms with E-state index in [2.05, 4.69) is 10.2 Å². The molecule has 162 valence electrons. The van der Waals surface area contributed by atoms with E-state index in [1.54, 1.807) is 43.8 Å². The maximum Gasteiger partial charge on any atom is 0.257 e. The Morgan fingerprint density at radius 1 is 1.10 bits per heavy atom. The molecule has 0 aliphatic carbocycles. The lowest BCUT2D eigenvalue weighted by Crippen LogP contribution is -2.38. The van der Waals surface area contributed by atoms with Gasteiger partial charge >= 0.3 is 0 Å². The van der Waals surface area contributed by atoms with Crippen molar-refractivity contribution in [3.63, 3.8) is 0 Å². The van der Waals surface area contributed by atoms with Crippen LogP contribution < -0.4 is 9.47 Å². The monoisotopic (exact) mass is 457 g/mol. The summed E-state index contributed by atoms with van der Waals surface area (Å²) in [5, 5.41) is 11.4. The number of benzene rings is 2. The van der Waals surface area contributed by atoms with Crippen molar-refractivity contribution in [2.45, 2.75) is 25.2 Å². The highest BCUT2D eigenvalue weighted by molar-refractivity contribution is 7.11. The molecule has 0 N–H and O–H groups in total. The molecule has 1 aliphatic rings. The van der Waals surface area contributed by atoms with Crippen LogP contribution in [0.3, 0.4) is 0 Å². The SMILES string of the molecule is COc1ccc(Cc2nnc(C3CCN(C(=O)c4cc(Cl)ccc4OC)CC3)s2)cc1. The summed E-state index contributed by atoms with van der Waals surface area (Å²) in [6.07, 6.45) is 2.49. The van der Waals surface area contributed by atoms with Crippen LogP contribution in [0, 0.1) is 0 Å². The summed E-state index contributed by atoms with van der Waals surface area (Å²) < 4.78 is 10.5. The second-order valence-corrected chi connectivity index (χ2v) is 9.00. The molecule has 1 aliphatic heterocycles. The zero-order chi connectivity index (χ0) is 21.8. The van der Waals surface area contributed by atoms with Crippen LogP contribution in [0.15, 0.2) is 42.5 Å². The summed E-state index contributed by atoms with van der Waals surface area (Å²) in [6, 6.07) is 13.1. The number of carbonyl (C=O) groups is 1. The Balaban J connectivity index is 1.37. The molecule has 0 bridgehead atoms. The highest BCUT2D eigenvalue weighted by atomic mass is 35.5. The fourth-order valence-corrected chi connectivity index (χ4v) is 4.99. The van der Waals surface area contributed by atoms with Crippen LogP contribution in [-0.4, -0.2) is 48.3 Å². The van der Waals surface area contributed by atoms with E-state index in [-0.39, 0.29) is 5.91 Å². The lowest BCUT2D eigenvalue weighted by atomic mass is 9.97. The van der Waals surface area contributed by atoms with E-state index in [4.69, 9.17) is 21.1 Å². The van der Waals surface area contributed by atoms with E-state index < -0.39 is 0 Å². The Bertz CT molecular complexity index is 1050. The Kier molecular flexibility index (Phi) is 6.73. The molecule has 8 heteroatoms. The Morgan fingerprint density at radius 2 is 1.84 bits per heavy atom.